The summed E-state index contributed by atoms with van der Waals surface area (Å²) in [6, 6.07) is 7.10. The number of hydrogen-bond acceptors (Lipinski definition) is 4. The highest BCUT2D eigenvalue weighted by Crippen LogP contribution is 2.24. The van der Waals surface area contributed by atoms with Gasteiger partial charge in [0, 0.05) is 29.2 Å². The maximum Gasteiger partial charge on any atom is 0.328 e. The minimum absolute atomic E-state index is 0.0710. The number of methoxy groups -OCH3 is 1. The van der Waals surface area contributed by atoms with Crippen molar-refractivity contribution in [1.29, 1.82) is 0 Å². The number of fused-ring (bicyclic) bond motifs is 1. The number of rotatable bonds is 4. The quantitative estimate of drug-likeness (QED) is 0.527. The highest BCUT2D eigenvalue weighted by Gasteiger charge is 2.32. The number of ether oxygens (including phenoxy) is 1. The lowest BCUT2D eigenvalue weighted by atomic mass is 10.1. The van der Waals surface area contributed by atoms with E-state index in [2.05, 4.69) is 5.32 Å². The topological polar surface area (TPSA) is 80.6 Å². The van der Waals surface area contributed by atoms with Crippen molar-refractivity contribution < 1.29 is 19.1 Å². The summed E-state index contributed by atoms with van der Waals surface area (Å²) < 4.78 is 6.47. The predicted octanol–water partition coefficient (Wildman–Crippen LogP) is 1.73. The van der Waals surface area contributed by atoms with Crippen molar-refractivity contribution in [2.24, 2.45) is 0 Å². The maximum atomic E-state index is 12.2. The van der Waals surface area contributed by atoms with Crippen LogP contribution in [0.5, 0.6) is 0 Å². The third kappa shape index (κ3) is 2.64. The van der Waals surface area contributed by atoms with Gasteiger partial charge in [0.2, 0.25) is 0 Å². The van der Waals surface area contributed by atoms with Crippen molar-refractivity contribution >= 4 is 34.9 Å². The van der Waals surface area contributed by atoms with Crippen molar-refractivity contribution in [3.8, 4) is 0 Å². The van der Waals surface area contributed by atoms with Gasteiger partial charge in [0.15, 0.2) is 0 Å². The molecule has 1 N–H and O–H groups in total. The largest absolute Gasteiger partial charge is 0.468 e. The number of esters is 1. The molecule has 0 aliphatic carbocycles. The Labute approximate surface area is 138 Å². The Kier molecular flexibility index (Phi) is 4.07. The molecule has 24 heavy (non-hydrogen) atoms. The van der Waals surface area contributed by atoms with Crippen LogP contribution < -0.4 is 5.32 Å². The van der Waals surface area contributed by atoms with Crippen LogP contribution in [0.2, 0.25) is 0 Å². The number of carbonyl (C=O) groups excluding carboxylic acids is 3. The molecule has 2 heterocycles. The normalized spacial score (nSPS) is 16.1. The molecule has 0 spiro atoms. The molecule has 1 aromatic heterocycles. The molecule has 0 unspecified atom stereocenters. The summed E-state index contributed by atoms with van der Waals surface area (Å²) in [6.07, 6.45) is 3.40. The van der Waals surface area contributed by atoms with Crippen LogP contribution >= 0.6 is 0 Å². The van der Waals surface area contributed by atoms with E-state index < -0.39 is 6.03 Å². The number of urea groups is 1. The Hall–Kier alpha value is -3.09. The molecule has 7 heteroatoms. The fraction of sp³-hybridized carbons (Fsp3) is 0.235. The third-order valence-corrected chi connectivity index (χ3v) is 3.92. The van der Waals surface area contributed by atoms with Crippen LogP contribution in [0.4, 0.5) is 4.79 Å². The van der Waals surface area contributed by atoms with Crippen LogP contribution in [0.1, 0.15) is 12.5 Å². The highest BCUT2D eigenvalue weighted by atomic mass is 16.5. The minimum Gasteiger partial charge on any atom is -0.468 e. The van der Waals surface area contributed by atoms with E-state index in [1.807, 2.05) is 24.3 Å². The van der Waals surface area contributed by atoms with E-state index in [-0.39, 0.29) is 24.1 Å². The van der Waals surface area contributed by atoms with Gasteiger partial charge in [-0.25, -0.2) is 4.79 Å². The molecule has 1 aliphatic rings. The molecule has 124 valence electrons. The summed E-state index contributed by atoms with van der Waals surface area (Å²) in [7, 11) is 1.34. The zero-order chi connectivity index (χ0) is 17.3. The summed E-state index contributed by atoms with van der Waals surface area (Å²) >= 11 is 0. The van der Waals surface area contributed by atoms with Crippen LogP contribution in [0.15, 0.2) is 36.2 Å². The second kappa shape index (κ2) is 6.19. The first kappa shape index (κ1) is 15.8. The van der Waals surface area contributed by atoms with Crippen LogP contribution in [0, 0.1) is 0 Å². The van der Waals surface area contributed by atoms with Gasteiger partial charge in [0.25, 0.3) is 5.91 Å². The Morgan fingerprint density at radius 3 is 2.71 bits per heavy atom. The van der Waals surface area contributed by atoms with Gasteiger partial charge in [-0.15, -0.1) is 0 Å². The predicted molar refractivity (Wildman–Crippen MR) is 87.8 cm³/mol. The molecule has 1 fully saturated rings. The number of benzene rings is 1. The number of amides is 3. The first-order chi connectivity index (χ1) is 11.5. The van der Waals surface area contributed by atoms with Crippen LogP contribution in [0.3, 0.4) is 0 Å². The molecule has 0 atom stereocenters. The zero-order valence-electron chi connectivity index (χ0n) is 13.4. The van der Waals surface area contributed by atoms with Crippen molar-refractivity contribution in [2.75, 3.05) is 13.7 Å². The van der Waals surface area contributed by atoms with Crippen molar-refractivity contribution in [3.63, 3.8) is 0 Å². The molecule has 0 saturated carbocycles. The van der Waals surface area contributed by atoms with E-state index in [0.717, 1.165) is 21.4 Å². The molecule has 1 aromatic carbocycles. The average molecular weight is 327 g/mol. The standard InChI is InChI=1S/C17H17N3O4/c1-3-20-16(22)13(18-17(20)23)8-11-9-19(10-15(21)24-2)14-7-5-4-6-12(11)14/h4-9H,3,10H2,1-2H3,(H,18,23)/b13-8-. The molecule has 2 aromatic rings. The summed E-state index contributed by atoms with van der Waals surface area (Å²) in [5.41, 5.74) is 1.82. The van der Waals surface area contributed by atoms with Gasteiger partial charge in [-0.1, -0.05) is 18.2 Å². The lowest BCUT2D eigenvalue weighted by Crippen LogP contribution is -2.30. The highest BCUT2D eigenvalue weighted by molar-refractivity contribution is 6.14. The van der Waals surface area contributed by atoms with Gasteiger partial charge < -0.3 is 14.6 Å². The molecule has 0 radical (unpaired) electrons. The molecular weight excluding hydrogens is 310 g/mol. The van der Waals surface area contributed by atoms with Gasteiger partial charge in [-0.3, -0.25) is 14.5 Å². The van der Waals surface area contributed by atoms with Crippen LogP contribution in [-0.2, 0) is 20.9 Å². The second-order valence-corrected chi connectivity index (χ2v) is 5.34. The van der Waals surface area contributed by atoms with E-state index in [1.54, 1.807) is 23.8 Å². The van der Waals surface area contributed by atoms with Crippen LogP contribution in [0.25, 0.3) is 17.0 Å². The van der Waals surface area contributed by atoms with Gasteiger partial charge in [-0.05, 0) is 19.1 Å². The number of imide groups is 1. The molecule has 1 saturated heterocycles. The zero-order valence-corrected chi connectivity index (χ0v) is 13.4. The first-order valence-electron chi connectivity index (χ1n) is 7.54. The van der Waals surface area contributed by atoms with Crippen molar-refractivity contribution in [3.05, 3.63) is 41.7 Å². The van der Waals surface area contributed by atoms with E-state index in [0.29, 0.717) is 6.54 Å². The van der Waals surface area contributed by atoms with Gasteiger partial charge in [-0.2, -0.15) is 0 Å². The molecule has 3 rings (SSSR count). The number of nitrogens with zero attached hydrogens (tertiary/aromatic N) is 2. The average Bonchev–Trinajstić information content (AvgIpc) is 3.05. The summed E-state index contributed by atoms with van der Waals surface area (Å²) in [6.45, 7) is 2.12. The fourth-order valence-corrected chi connectivity index (χ4v) is 2.74. The molecule has 3 amide bonds. The van der Waals surface area contributed by atoms with Crippen molar-refractivity contribution in [1.82, 2.24) is 14.8 Å². The minimum atomic E-state index is -0.424. The Morgan fingerprint density at radius 2 is 2.04 bits per heavy atom. The van der Waals surface area contributed by atoms with Gasteiger partial charge >= 0.3 is 12.0 Å². The maximum absolute atomic E-state index is 12.2. The first-order valence-corrected chi connectivity index (χ1v) is 7.54. The lowest BCUT2D eigenvalue weighted by Gasteiger charge is -2.05. The van der Waals surface area contributed by atoms with E-state index in [1.165, 1.54) is 7.11 Å². The number of para-hydroxylation sites is 1. The number of likely N-dealkylation sites (N-methyl/N-ethyl adjacent to an activating group) is 1. The third-order valence-electron chi connectivity index (χ3n) is 3.92. The van der Waals surface area contributed by atoms with Crippen molar-refractivity contribution in [2.45, 2.75) is 13.5 Å². The van der Waals surface area contributed by atoms with Gasteiger partial charge in [0.05, 0.1) is 7.11 Å². The smallest absolute Gasteiger partial charge is 0.328 e. The lowest BCUT2D eigenvalue weighted by molar-refractivity contribution is -0.141. The van der Waals surface area contributed by atoms with E-state index in [4.69, 9.17) is 4.74 Å². The Morgan fingerprint density at radius 1 is 1.29 bits per heavy atom. The number of aromatic nitrogens is 1. The molecule has 7 nitrogen and oxygen atoms in total. The summed E-state index contributed by atoms with van der Waals surface area (Å²) in [4.78, 5) is 36.7. The second-order valence-electron chi connectivity index (χ2n) is 5.34. The molecular formula is C17H17N3O4. The summed E-state index contributed by atoms with van der Waals surface area (Å²) in [5, 5.41) is 3.46. The Balaban J connectivity index is 2.04. The number of hydrogen-bond donors (Lipinski definition) is 1. The summed E-state index contributed by atoms with van der Waals surface area (Å²) in [5.74, 6) is -0.718. The van der Waals surface area contributed by atoms with E-state index >= 15 is 0 Å². The molecule has 1 aliphatic heterocycles. The fourth-order valence-electron chi connectivity index (χ4n) is 2.74. The Bertz CT molecular complexity index is 866. The van der Waals surface area contributed by atoms with E-state index in [9.17, 15) is 14.4 Å². The SMILES string of the molecule is CCN1C(=O)N/C(=C\c2cn(CC(=O)OC)c3ccccc23)C1=O. The molecule has 0 bridgehead atoms. The van der Waals surface area contributed by atoms with Crippen LogP contribution in [-0.4, -0.2) is 41.0 Å². The number of carbonyl (C=O) groups is 3. The number of nitrogens with one attached hydrogen (secondary N) is 1. The van der Waals surface area contributed by atoms with Gasteiger partial charge in [0.1, 0.15) is 12.2 Å². The monoisotopic (exact) mass is 327 g/mol.